The minimum Gasteiger partial charge on any atom is -0.313 e. The fourth-order valence-corrected chi connectivity index (χ4v) is 4.29. The summed E-state index contributed by atoms with van der Waals surface area (Å²) in [4.78, 5) is 2.72. The van der Waals surface area contributed by atoms with Gasteiger partial charge in [0, 0.05) is 25.2 Å². The Labute approximate surface area is 119 Å². The molecule has 0 aromatic rings. The zero-order valence-electron chi connectivity index (χ0n) is 12.9. The van der Waals surface area contributed by atoms with Crippen molar-refractivity contribution >= 4 is 0 Å². The van der Waals surface area contributed by atoms with E-state index in [4.69, 9.17) is 0 Å². The largest absolute Gasteiger partial charge is 0.313 e. The third-order valence-corrected chi connectivity index (χ3v) is 5.70. The van der Waals surface area contributed by atoms with E-state index in [-0.39, 0.29) is 0 Å². The van der Waals surface area contributed by atoms with Crippen molar-refractivity contribution < 1.29 is 0 Å². The van der Waals surface area contributed by atoms with Gasteiger partial charge in [-0.25, -0.2) is 0 Å². The molecule has 2 aliphatic carbocycles. The van der Waals surface area contributed by atoms with E-state index in [1.54, 1.807) is 0 Å². The first-order valence-electron chi connectivity index (χ1n) is 8.71. The Morgan fingerprint density at radius 1 is 1.05 bits per heavy atom. The molecule has 2 nitrogen and oxygen atoms in total. The number of hydrogen-bond acceptors (Lipinski definition) is 2. The van der Waals surface area contributed by atoms with E-state index < -0.39 is 0 Å². The number of nitrogens with one attached hydrogen (secondary N) is 1. The topological polar surface area (TPSA) is 15.3 Å². The van der Waals surface area contributed by atoms with Crippen LogP contribution in [0.25, 0.3) is 0 Å². The summed E-state index contributed by atoms with van der Waals surface area (Å²) in [6.45, 7) is 8.68. The molecule has 2 saturated carbocycles. The van der Waals surface area contributed by atoms with E-state index in [9.17, 15) is 0 Å². The molecule has 0 radical (unpaired) electrons. The molecule has 19 heavy (non-hydrogen) atoms. The van der Waals surface area contributed by atoms with Gasteiger partial charge in [-0.2, -0.15) is 0 Å². The lowest BCUT2D eigenvalue weighted by Gasteiger charge is -2.49. The highest BCUT2D eigenvalue weighted by Gasteiger charge is 2.39. The van der Waals surface area contributed by atoms with Gasteiger partial charge in [0.05, 0.1) is 0 Å². The lowest BCUT2D eigenvalue weighted by atomic mass is 9.73. The van der Waals surface area contributed by atoms with E-state index in [0.717, 1.165) is 29.8 Å². The van der Waals surface area contributed by atoms with Crippen LogP contribution < -0.4 is 5.32 Å². The molecule has 0 aromatic heterocycles. The minimum absolute atomic E-state index is 0.735. The zero-order chi connectivity index (χ0) is 13.2. The predicted molar refractivity (Wildman–Crippen MR) is 81.3 cm³/mol. The number of rotatable bonds is 6. The molecule has 1 N–H and O–H groups in total. The Bertz CT molecular complexity index is 271. The van der Waals surface area contributed by atoms with Crippen LogP contribution in [-0.2, 0) is 0 Å². The normalized spacial score (nSPS) is 35.8. The average molecular weight is 264 g/mol. The molecule has 1 heterocycles. The molecule has 2 unspecified atom stereocenters. The quantitative estimate of drug-likeness (QED) is 0.741. The third kappa shape index (κ3) is 3.52. The summed E-state index contributed by atoms with van der Waals surface area (Å²) in [7, 11) is 0. The maximum atomic E-state index is 3.94. The summed E-state index contributed by atoms with van der Waals surface area (Å²) >= 11 is 0. The summed E-state index contributed by atoms with van der Waals surface area (Å²) in [6, 6.07) is 1.57. The molecule has 0 amide bonds. The number of nitrogens with zero attached hydrogens (tertiary/aromatic N) is 1. The molecular formula is C17H32N2. The van der Waals surface area contributed by atoms with Crippen molar-refractivity contribution in [2.45, 2.75) is 70.9 Å². The van der Waals surface area contributed by atoms with Gasteiger partial charge in [0.25, 0.3) is 0 Å². The highest BCUT2D eigenvalue weighted by molar-refractivity contribution is 4.95. The van der Waals surface area contributed by atoms with Crippen LogP contribution >= 0.6 is 0 Å². The molecular weight excluding hydrogens is 232 g/mol. The van der Waals surface area contributed by atoms with Crippen molar-refractivity contribution in [3.05, 3.63) is 0 Å². The summed E-state index contributed by atoms with van der Waals surface area (Å²) in [5.41, 5.74) is 0. The fraction of sp³-hybridized carbons (Fsp3) is 1.00. The molecule has 3 rings (SSSR count). The van der Waals surface area contributed by atoms with Crippen LogP contribution in [0, 0.1) is 17.8 Å². The van der Waals surface area contributed by atoms with E-state index in [1.165, 1.54) is 64.6 Å². The van der Waals surface area contributed by atoms with Crippen molar-refractivity contribution in [2.75, 3.05) is 19.6 Å². The Morgan fingerprint density at radius 2 is 1.74 bits per heavy atom. The molecule has 110 valence electrons. The van der Waals surface area contributed by atoms with Crippen LogP contribution in [0.3, 0.4) is 0 Å². The third-order valence-electron chi connectivity index (χ3n) is 5.70. The number of piperidine rings is 1. The van der Waals surface area contributed by atoms with E-state index >= 15 is 0 Å². The van der Waals surface area contributed by atoms with Crippen LogP contribution in [-0.4, -0.2) is 36.6 Å². The maximum Gasteiger partial charge on any atom is 0.0148 e. The van der Waals surface area contributed by atoms with Gasteiger partial charge in [-0.15, -0.1) is 0 Å². The Balaban J connectivity index is 1.47. The van der Waals surface area contributed by atoms with Crippen molar-refractivity contribution in [3.8, 4) is 0 Å². The van der Waals surface area contributed by atoms with Gasteiger partial charge in [0.15, 0.2) is 0 Å². The maximum absolute atomic E-state index is 3.94. The van der Waals surface area contributed by atoms with Crippen LogP contribution in [0.5, 0.6) is 0 Å². The molecule has 0 aromatic carbocycles. The average Bonchev–Trinajstić information content (AvgIpc) is 3.17. The summed E-state index contributed by atoms with van der Waals surface area (Å²) in [5.74, 6) is 2.95. The van der Waals surface area contributed by atoms with Crippen molar-refractivity contribution in [1.82, 2.24) is 10.2 Å². The Morgan fingerprint density at radius 3 is 2.32 bits per heavy atom. The molecule has 0 spiro atoms. The monoisotopic (exact) mass is 264 g/mol. The number of hydrogen-bond donors (Lipinski definition) is 1. The van der Waals surface area contributed by atoms with Crippen LogP contribution in [0.1, 0.15) is 58.8 Å². The first-order chi connectivity index (χ1) is 9.24. The van der Waals surface area contributed by atoms with Crippen molar-refractivity contribution in [3.63, 3.8) is 0 Å². The number of fused-ring (bicyclic) bond motifs is 2. The van der Waals surface area contributed by atoms with Gasteiger partial charge in [0.1, 0.15) is 0 Å². The van der Waals surface area contributed by atoms with Gasteiger partial charge < -0.3 is 10.2 Å². The van der Waals surface area contributed by atoms with E-state index in [0.29, 0.717) is 0 Å². The van der Waals surface area contributed by atoms with Gasteiger partial charge in [-0.3, -0.25) is 0 Å². The van der Waals surface area contributed by atoms with Crippen molar-refractivity contribution in [2.24, 2.45) is 17.8 Å². The summed E-state index contributed by atoms with van der Waals surface area (Å²) in [6.07, 6.45) is 10.3. The van der Waals surface area contributed by atoms with Crippen LogP contribution in [0.2, 0.25) is 0 Å². The Hall–Kier alpha value is -0.0800. The molecule has 1 aliphatic heterocycles. The van der Waals surface area contributed by atoms with Crippen molar-refractivity contribution in [1.29, 1.82) is 0 Å². The van der Waals surface area contributed by atoms with Crippen LogP contribution in [0.4, 0.5) is 0 Å². The summed E-state index contributed by atoms with van der Waals surface area (Å²) in [5, 5.41) is 3.94. The zero-order valence-corrected chi connectivity index (χ0v) is 12.9. The molecule has 3 aliphatic rings. The lowest BCUT2D eigenvalue weighted by molar-refractivity contribution is 0.0296. The Kier molecular flexibility index (Phi) is 4.48. The first-order valence-corrected chi connectivity index (χ1v) is 8.71. The van der Waals surface area contributed by atoms with E-state index in [1.807, 2.05) is 0 Å². The highest BCUT2D eigenvalue weighted by Crippen LogP contribution is 2.36. The van der Waals surface area contributed by atoms with Gasteiger partial charge in [-0.1, -0.05) is 19.3 Å². The highest BCUT2D eigenvalue weighted by atomic mass is 15.2. The molecule has 2 bridgehead atoms. The SMILES string of the molecule is CC(C)N1CC2CCCC(C1)C2NCCCC1CC1. The lowest BCUT2D eigenvalue weighted by Crippen LogP contribution is -2.58. The van der Waals surface area contributed by atoms with Gasteiger partial charge >= 0.3 is 0 Å². The predicted octanol–water partition coefficient (Wildman–Crippen LogP) is 3.28. The van der Waals surface area contributed by atoms with Gasteiger partial charge in [-0.05, 0) is 63.8 Å². The van der Waals surface area contributed by atoms with E-state index in [2.05, 4.69) is 24.1 Å². The second kappa shape index (κ2) is 6.13. The fourth-order valence-electron chi connectivity index (χ4n) is 4.29. The smallest absolute Gasteiger partial charge is 0.0148 e. The minimum atomic E-state index is 0.735. The summed E-state index contributed by atoms with van der Waals surface area (Å²) < 4.78 is 0. The molecule has 3 fully saturated rings. The van der Waals surface area contributed by atoms with Gasteiger partial charge in [0.2, 0.25) is 0 Å². The molecule has 2 atom stereocenters. The molecule has 1 saturated heterocycles. The standard InChI is InChI=1S/C17H32N2/c1-13(2)19-11-15-6-3-7-16(12-19)17(15)18-10-4-5-14-8-9-14/h13-18H,3-12H2,1-2H3. The first kappa shape index (κ1) is 13.9. The number of likely N-dealkylation sites (tertiary alicyclic amines) is 1. The second-order valence-corrected chi connectivity index (χ2v) is 7.56. The van der Waals surface area contributed by atoms with Crippen LogP contribution in [0.15, 0.2) is 0 Å². The second-order valence-electron chi connectivity index (χ2n) is 7.56. The molecule has 2 heteroatoms.